The average Bonchev–Trinajstić information content (AvgIpc) is 3.24. The maximum absolute atomic E-state index is 13.4. The molecule has 3 rings (SSSR count). The van der Waals surface area contributed by atoms with Crippen molar-refractivity contribution in [3.63, 3.8) is 0 Å². The summed E-state index contributed by atoms with van der Waals surface area (Å²) in [7, 11) is 1.53. The van der Waals surface area contributed by atoms with Gasteiger partial charge in [0.2, 0.25) is 16.9 Å². The minimum atomic E-state index is -0.817. The minimum absolute atomic E-state index is 0.00890. The van der Waals surface area contributed by atoms with Crippen LogP contribution in [0.5, 0.6) is 5.75 Å². The zero-order valence-corrected chi connectivity index (χ0v) is 17.9. The number of ether oxygens (including phenoxy) is 3. The van der Waals surface area contributed by atoms with Crippen LogP contribution in [-0.2, 0) is 15.9 Å². The van der Waals surface area contributed by atoms with Crippen molar-refractivity contribution in [2.75, 3.05) is 20.3 Å². The van der Waals surface area contributed by atoms with E-state index in [1.54, 1.807) is 26.0 Å². The van der Waals surface area contributed by atoms with Crippen molar-refractivity contribution in [2.24, 2.45) is 0 Å². The molecule has 0 unspecified atom stereocenters. The molecule has 0 atom stereocenters. The third kappa shape index (κ3) is 4.33. The van der Waals surface area contributed by atoms with Gasteiger partial charge in [0.05, 0.1) is 25.7 Å². The van der Waals surface area contributed by atoms with Crippen molar-refractivity contribution in [3.05, 3.63) is 51.6 Å². The molecule has 0 amide bonds. The highest BCUT2D eigenvalue weighted by Gasteiger charge is 2.27. The zero-order chi connectivity index (χ0) is 22.5. The van der Waals surface area contributed by atoms with E-state index in [9.17, 15) is 14.4 Å². The van der Waals surface area contributed by atoms with E-state index >= 15 is 0 Å². The molecule has 0 saturated carbocycles. The molecule has 0 aliphatic carbocycles. The number of aryl methyl sites for hydroxylation is 1. The molecule has 0 N–H and O–H groups in total. The van der Waals surface area contributed by atoms with Crippen LogP contribution in [0.1, 0.15) is 53.9 Å². The smallest absolute Gasteiger partial charge is 0.375 e. The number of hydrogen-bond acceptors (Lipinski definition) is 8. The Morgan fingerprint density at radius 1 is 0.968 bits per heavy atom. The lowest BCUT2D eigenvalue weighted by atomic mass is 10.0. The fraction of sp³-hybridized carbons (Fsp3) is 0.348. The highest BCUT2D eigenvalue weighted by molar-refractivity contribution is 5.97. The van der Waals surface area contributed by atoms with E-state index in [4.69, 9.17) is 23.0 Å². The van der Waals surface area contributed by atoms with Crippen LogP contribution in [0.25, 0.3) is 22.3 Å². The van der Waals surface area contributed by atoms with Crippen molar-refractivity contribution in [1.29, 1.82) is 0 Å². The van der Waals surface area contributed by atoms with Crippen LogP contribution in [0, 0.1) is 0 Å². The van der Waals surface area contributed by atoms with Gasteiger partial charge in [-0.25, -0.2) is 9.59 Å². The van der Waals surface area contributed by atoms with Gasteiger partial charge in [-0.15, -0.1) is 0 Å². The molecule has 2 heterocycles. The molecule has 8 nitrogen and oxygen atoms in total. The molecule has 0 radical (unpaired) electrons. The minimum Gasteiger partial charge on any atom is -0.496 e. The van der Waals surface area contributed by atoms with Crippen LogP contribution in [-0.4, -0.2) is 32.3 Å². The predicted octanol–water partition coefficient (Wildman–Crippen LogP) is 4.37. The Morgan fingerprint density at radius 2 is 1.68 bits per heavy atom. The quantitative estimate of drug-likeness (QED) is 0.487. The lowest BCUT2D eigenvalue weighted by molar-refractivity contribution is 0.0486. The first-order valence-electron chi connectivity index (χ1n) is 10.1. The molecule has 0 saturated heterocycles. The van der Waals surface area contributed by atoms with Gasteiger partial charge < -0.3 is 23.0 Å². The maximum Gasteiger partial charge on any atom is 0.375 e. The van der Waals surface area contributed by atoms with Crippen molar-refractivity contribution < 1.29 is 32.6 Å². The fourth-order valence-electron chi connectivity index (χ4n) is 3.27. The van der Waals surface area contributed by atoms with Gasteiger partial charge in [-0.05, 0) is 44.0 Å². The Morgan fingerprint density at radius 3 is 2.32 bits per heavy atom. The summed E-state index contributed by atoms with van der Waals surface area (Å²) in [5.74, 6) is -1.33. The molecule has 2 aromatic heterocycles. The van der Waals surface area contributed by atoms with Crippen molar-refractivity contribution in [3.8, 4) is 17.1 Å². The topological polar surface area (TPSA) is 105 Å². The summed E-state index contributed by atoms with van der Waals surface area (Å²) < 4.78 is 26.7. The molecule has 0 spiro atoms. The van der Waals surface area contributed by atoms with Crippen LogP contribution in [0.3, 0.4) is 0 Å². The lowest BCUT2D eigenvalue weighted by Crippen LogP contribution is -2.15. The highest BCUT2D eigenvalue weighted by Crippen LogP contribution is 2.31. The van der Waals surface area contributed by atoms with Crippen molar-refractivity contribution in [1.82, 2.24) is 0 Å². The largest absolute Gasteiger partial charge is 0.496 e. The second-order valence-electron chi connectivity index (χ2n) is 6.65. The van der Waals surface area contributed by atoms with Gasteiger partial charge in [0, 0.05) is 6.07 Å². The van der Waals surface area contributed by atoms with Crippen LogP contribution in [0.4, 0.5) is 0 Å². The number of furan rings is 1. The molecule has 0 aliphatic heterocycles. The first-order valence-corrected chi connectivity index (χ1v) is 10.1. The normalized spacial score (nSPS) is 10.8. The highest BCUT2D eigenvalue weighted by atomic mass is 16.5. The molecule has 1 aromatic carbocycles. The van der Waals surface area contributed by atoms with Gasteiger partial charge >= 0.3 is 11.9 Å². The number of carbonyl (C=O) groups excluding carboxylic acids is 2. The summed E-state index contributed by atoms with van der Waals surface area (Å²) in [6.45, 7) is 5.58. The number of esters is 2. The molecule has 164 valence electrons. The van der Waals surface area contributed by atoms with E-state index in [1.807, 2.05) is 6.92 Å². The Kier molecular flexibility index (Phi) is 6.79. The number of rotatable bonds is 8. The zero-order valence-electron chi connectivity index (χ0n) is 17.9. The number of hydrogen-bond donors (Lipinski definition) is 0. The molecule has 0 aliphatic rings. The third-order valence-corrected chi connectivity index (χ3v) is 4.60. The Labute approximate surface area is 178 Å². The van der Waals surface area contributed by atoms with E-state index in [0.717, 1.165) is 12.0 Å². The molecule has 3 aromatic rings. The maximum atomic E-state index is 13.4. The van der Waals surface area contributed by atoms with Crippen LogP contribution < -0.4 is 10.2 Å². The third-order valence-electron chi connectivity index (χ3n) is 4.60. The molecule has 8 heteroatoms. The van der Waals surface area contributed by atoms with Gasteiger partial charge in [0.15, 0.2) is 0 Å². The van der Waals surface area contributed by atoms with E-state index in [2.05, 4.69) is 0 Å². The average molecular weight is 428 g/mol. The van der Waals surface area contributed by atoms with Crippen LogP contribution in [0.2, 0.25) is 0 Å². The molecular formula is C23H24O8. The van der Waals surface area contributed by atoms with E-state index in [0.29, 0.717) is 12.2 Å². The Hall–Kier alpha value is -3.55. The Bertz CT molecular complexity index is 1170. The molecule has 31 heavy (non-hydrogen) atoms. The lowest BCUT2D eigenvalue weighted by Gasteiger charge is -2.12. The molecular weight excluding hydrogens is 404 g/mol. The van der Waals surface area contributed by atoms with E-state index in [1.165, 1.54) is 19.2 Å². The first kappa shape index (κ1) is 22.1. The van der Waals surface area contributed by atoms with Gasteiger partial charge in [-0.2, -0.15) is 0 Å². The Balaban J connectivity index is 2.28. The van der Waals surface area contributed by atoms with Crippen LogP contribution in [0.15, 0.2) is 37.9 Å². The number of fused-ring (bicyclic) bond motifs is 1. The SMILES string of the molecule is CCCc1cc2c(=O)c(-c3ccc(C(=O)OCC)o3)c(C(=O)OCC)oc2cc1OC. The van der Waals surface area contributed by atoms with E-state index < -0.39 is 17.4 Å². The molecule has 0 bridgehead atoms. The van der Waals surface area contributed by atoms with Crippen LogP contribution >= 0.6 is 0 Å². The van der Waals surface area contributed by atoms with Gasteiger partial charge in [0.25, 0.3) is 0 Å². The second kappa shape index (κ2) is 9.51. The number of benzene rings is 1. The monoisotopic (exact) mass is 428 g/mol. The summed E-state index contributed by atoms with van der Waals surface area (Å²) in [5, 5.41) is 0.265. The standard InChI is InChI=1S/C23H24O8/c1-5-8-13-11-14-18(12-17(13)27-4)31-21(23(26)29-7-3)19(20(14)24)15-9-10-16(30-15)22(25)28-6-2/h9-12H,5-8H2,1-4H3. The van der Waals surface area contributed by atoms with Gasteiger partial charge in [-0.3, -0.25) is 4.79 Å². The summed E-state index contributed by atoms with van der Waals surface area (Å²) in [6, 6.07) is 6.07. The fourth-order valence-corrected chi connectivity index (χ4v) is 3.27. The van der Waals surface area contributed by atoms with Gasteiger partial charge in [0.1, 0.15) is 22.7 Å². The summed E-state index contributed by atoms with van der Waals surface area (Å²) in [5.41, 5.74) is 0.431. The summed E-state index contributed by atoms with van der Waals surface area (Å²) in [6.07, 6.45) is 1.54. The number of carbonyl (C=O) groups is 2. The van der Waals surface area contributed by atoms with Crippen molar-refractivity contribution >= 4 is 22.9 Å². The van der Waals surface area contributed by atoms with E-state index in [-0.39, 0.29) is 47.0 Å². The van der Waals surface area contributed by atoms with Gasteiger partial charge in [-0.1, -0.05) is 13.3 Å². The predicted molar refractivity (Wildman–Crippen MR) is 113 cm³/mol. The summed E-state index contributed by atoms with van der Waals surface area (Å²) >= 11 is 0. The number of methoxy groups -OCH3 is 1. The molecule has 0 fully saturated rings. The first-order chi connectivity index (χ1) is 14.9. The van der Waals surface area contributed by atoms with Crippen molar-refractivity contribution in [2.45, 2.75) is 33.6 Å². The summed E-state index contributed by atoms with van der Waals surface area (Å²) in [4.78, 5) is 38.0. The second-order valence-corrected chi connectivity index (χ2v) is 6.65.